The molecule has 1 fully saturated rings. The quantitative estimate of drug-likeness (QED) is 0.378. The monoisotopic (exact) mass is 493 g/mol. The zero-order valence-electron chi connectivity index (χ0n) is 21.0. The summed E-state index contributed by atoms with van der Waals surface area (Å²) in [6, 6.07) is 8.98. The van der Waals surface area contributed by atoms with Gasteiger partial charge in [0.05, 0.1) is 22.5 Å². The number of hydrogen-bond acceptors (Lipinski definition) is 5. The van der Waals surface area contributed by atoms with Gasteiger partial charge in [-0.3, -0.25) is 4.98 Å². The predicted molar refractivity (Wildman–Crippen MR) is 143 cm³/mol. The molecule has 2 N–H and O–H groups in total. The summed E-state index contributed by atoms with van der Waals surface area (Å²) in [6.07, 6.45) is 9.78. The van der Waals surface area contributed by atoms with Gasteiger partial charge in [0, 0.05) is 59.4 Å². The molecule has 1 aliphatic carbocycles. The van der Waals surface area contributed by atoms with E-state index in [0.29, 0.717) is 18.5 Å². The number of aromatic nitrogens is 4. The van der Waals surface area contributed by atoms with Crippen molar-refractivity contribution in [1.29, 1.82) is 0 Å². The third-order valence-electron chi connectivity index (χ3n) is 7.44. The van der Waals surface area contributed by atoms with Crippen molar-refractivity contribution in [3.63, 3.8) is 0 Å². The van der Waals surface area contributed by atoms with Gasteiger partial charge in [-0.2, -0.15) is 0 Å². The summed E-state index contributed by atoms with van der Waals surface area (Å²) < 4.78 is 25.6. The highest BCUT2D eigenvalue weighted by molar-refractivity contribution is 7.90. The largest absolute Gasteiger partial charge is 0.353 e. The van der Waals surface area contributed by atoms with Crippen LogP contribution in [0.1, 0.15) is 62.6 Å². The molecule has 8 heteroatoms. The molecule has 1 saturated carbocycles. The number of pyridine rings is 2. The number of sulfone groups is 1. The second-order valence-electron chi connectivity index (χ2n) is 10.3. The molecule has 0 aromatic carbocycles. The van der Waals surface area contributed by atoms with Crippen molar-refractivity contribution in [3.8, 4) is 11.3 Å². The van der Waals surface area contributed by atoms with E-state index in [1.165, 1.54) is 30.4 Å². The first-order chi connectivity index (χ1) is 16.7. The Hall–Kier alpha value is -2.71. The van der Waals surface area contributed by atoms with Gasteiger partial charge in [-0.1, -0.05) is 13.8 Å². The summed E-state index contributed by atoms with van der Waals surface area (Å²) in [6.45, 7) is 4.79. The smallest absolute Gasteiger partial charge is 0.149 e. The van der Waals surface area contributed by atoms with Crippen molar-refractivity contribution in [2.24, 2.45) is 0 Å². The van der Waals surface area contributed by atoms with E-state index in [1.807, 2.05) is 16.8 Å². The fraction of sp³-hybridized carbons (Fsp3) is 0.481. The fourth-order valence-corrected chi connectivity index (χ4v) is 6.07. The molecule has 1 aliphatic rings. The van der Waals surface area contributed by atoms with Crippen molar-refractivity contribution in [3.05, 3.63) is 47.9 Å². The Balaban J connectivity index is 1.60. The van der Waals surface area contributed by atoms with Gasteiger partial charge >= 0.3 is 0 Å². The second kappa shape index (κ2) is 9.39. The molecule has 0 saturated heterocycles. The van der Waals surface area contributed by atoms with E-state index >= 15 is 0 Å². The molecular formula is C27H35N5O2S. The van der Waals surface area contributed by atoms with Crippen LogP contribution >= 0.6 is 0 Å². The molecular weight excluding hydrogens is 458 g/mol. The lowest BCUT2D eigenvalue weighted by Gasteiger charge is -2.27. The summed E-state index contributed by atoms with van der Waals surface area (Å²) in [7, 11) is -1.02. The van der Waals surface area contributed by atoms with Gasteiger partial charge in [0.15, 0.2) is 0 Å². The van der Waals surface area contributed by atoms with E-state index in [2.05, 4.69) is 54.4 Å². The highest BCUT2D eigenvalue weighted by Crippen LogP contribution is 2.40. The number of H-pyrrole nitrogens is 1. The normalized spacial score (nSPS) is 19.2. The zero-order valence-corrected chi connectivity index (χ0v) is 21.8. The molecule has 0 aliphatic heterocycles. The summed E-state index contributed by atoms with van der Waals surface area (Å²) in [4.78, 5) is 13.5. The van der Waals surface area contributed by atoms with Gasteiger partial charge < -0.3 is 14.9 Å². The Morgan fingerprint density at radius 2 is 1.94 bits per heavy atom. The van der Waals surface area contributed by atoms with Gasteiger partial charge in [-0.15, -0.1) is 0 Å². The molecule has 4 aromatic heterocycles. The maximum absolute atomic E-state index is 11.8. The standard InChI is InChI=1S/C27H35N5O2S/c1-17(2)24-25(21-16-32(14-15-35(4,33)34)27-20(21)6-5-13-29-27)31-23-12-11-22(30-26(23)24)18-7-9-19(28-3)10-8-18/h5-6,11-13,16-19,28,31H,7-10,14-15H2,1-4H3. The number of aryl methyl sites for hydroxylation is 1. The fourth-order valence-electron chi connectivity index (χ4n) is 5.54. The van der Waals surface area contributed by atoms with Crippen LogP contribution in [0.5, 0.6) is 0 Å². The minimum absolute atomic E-state index is 0.0806. The number of hydrogen-bond donors (Lipinski definition) is 2. The van der Waals surface area contributed by atoms with Crippen LogP contribution in [-0.4, -0.2) is 53.0 Å². The molecule has 0 unspecified atom stereocenters. The Morgan fingerprint density at radius 3 is 2.63 bits per heavy atom. The molecule has 0 bridgehead atoms. The van der Waals surface area contributed by atoms with E-state index in [4.69, 9.17) is 4.98 Å². The minimum atomic E-state index is -3.08. The third-order valence-corrected chi connectivity index (χ3v) is 8.36. The average molecular weight is 494 g/mol. The molecule has 0 amide bonds. The summed E-state index contributed by atoms with van der Waals surface area (Å²) >= 11 is 0. The second-order valence-corrected chi connectivity index (χ2v) is 12.5. The van der Waals surface area contributed by atoms with E-state index in [9.17, 15) is 8.42 Å². The van der Waals surface area contributed by atoms with Crippen molar-refractivity contribution in [2.45, 2.75) is 64.0 Å². The van der Waals surface area contributed by atoms with Crippen LogP contribution in [0, 0.1) is 0 Å². The van der Waals surface area contributed by atoms with Crippen LogP contribution in [0.25, 0.3) is 33.3 Å². The lowest BCUT2D eigenvalue weighted by atomic mass is 9.84. The maximum atomic E-state index is 11.8. The lowest BCUT2D eigenvalue weighted by Crippen LogP contribution is -2.29. The lowest BCUT2D eigenvalue weighted by molar-refractivity contribution is 0.355. The first-order valence-corrected chi connectivity index (χ1v) is 14.6. The van der Waals surface area contributed by atoms with Crippen molar-refractivity contribution >= 4 is 31.9 Å². The molecule has 0 atom stereocenters. The Bertz CT molecular complexity index is 1460. The number of nitrogens with zero attached hydrogens (tertiary/aromatic N) is 3. The first-order valence-electron chi connectivity index (χ1n) is 12.6. The molecule has 0 spiro atoms. The van der Waals surface area contributed by atoms with E-state index in [0.717, 1.165) is 46.2 Å². The van der Waals surface area contributed by atoms with Crippen molar-refractivity contribution in [1.82, 2.24) is 24.8 Å². The van der Waals surface area contributed by atoms with Gasteiger partial charge in [-0.25, -0.2) is 13.4 Å². The highest BCUT2D eigenvalue weighted by atomic mass is 32.2. The number of fused-ring (bicyclic) bond motifs is 2. The van der Waals surface area contributed by atoms with E-state index < -0.39 is 9.84 Å². The molecule has 7 nitrogen and oxygen atoms in total. The summed E-state index contributed by atoms with van der Waals surface area (Å²) in [5, 5.41) is 4.43. The Labute approximate surface area is 207 Å². The van der Waals surface area contributed by atoms with Crippen LogP contribution in [0.4, 0.5) is 0 Å². The first kappa shape index (κ1) is 24.0. The SMILES string of the molecule is CNC1CCC(c2ccc3[nH]c(-c4cn(CCS(C)(=O)=O)c5ncccc45)c(C(C)C)c3n2)CC1. The molecule has 4 heterocycles. The van der Waals surface area contributed by atoms with Gasteiger partial charge in [0.25, 0.3) is 0 Å². The number of aromatic amines is 1. The molecule has 4 aromatic rings. The van der Waals surface area contributed by atoms with Crippen LogP contribution in [0.3, 0.4) is 0 Å². The minimum Gasteiger partial charge on any atom is -0.353 e. The van der Waals surface area contributed by atoms with Crippen molar-refractivity contribution < 1.29 is 8.42 Å². The zero-order chi connectivity index (χ0) is 24.7. The predicted octanol–water partition coefficient (Wildman–Crippen LogP) is 4.99. The van der Waals surface area contributed by atoms with Gasteiger partial charge in [-0.05, 0) is 62.9 Å². The Kier molecular flexibility index (Phi) is 6.44. The summed E-state index contributed by atoms with van der Waals surface area (Å²) in [5.74, 6) is 0.856. The topological polar surface area (TPSA) is 92.7 Å². The number of rotatable bonds is 7. The van der Waals surface area contributed by atoms with Gasteiger partial charge in [0.1, 0.15) is 15.5 Å². The number of nitrogens with one attached hydrogen (secondary N) is 2. The molecule has 35 heavy (non-hydrogen) atoms. The Morgan fingerprint density at radius 1 is 1.17 bits per heavy atom. The van der Waals surface area contributed by atoms with Crippen LogP contribution < -0.4 is 5.32 Å². The van der Waals surface area contributed by atoms with Crippen LogP contribution in [0.15, 0.2) is 36.7 Å². The molecule has 186 valence electrons. The van der Waals surface area contributed by atoms with Crippen LogP contribution in [-0.2, 0) is 16.4 Å². The van der Waals surface area contributed by atoms with Crippen molar-refractivity contribution in [2.75, 3.05) is 19.1 Å². The van der Waals surface area contributed by atoms with Crippen LogP contribution in [0.2, 0.25) is 0 Å². The molecule has 5 rings (SSSR count). The summed E-state index contributed by atoms with van der Waals surface area (Å²) in [5.41, 5.74) is 7.37. The van der Waals surface area contributed by atoms with Gasteiger partial charge in [0.2, 0.25) is 0 Å². The maximum Gasteiger partial charge on any atom is 0.149 e. The van der Waals surface area contributed by atoms with E-state index in [1.54, 1.807) is 6.20 Å². The average Bonchev–Trinajstić information content (AvgIpc) is 3.40. The highest BCUT2D eigenvalue weighted by Gasteiger charge is 2.25. The third kappa shape index (κ3) is 4.74. The molecule has 0 radical (unpaired) electrons. The van der Waals surface area contributed by atoms with E-state index in [-0.39, 0.29) is 11.7 Å².